The number of nitrogens with two attached hydrogens (primary N) is 1. The molecular formula is C13H27N3O2. The molecule has 1 aliphatic heterocycles. The number of amides is 1. The zero-order valence-electron chi connectivity index (χ0n) is 11.8. The number of nitrogens with zero attached hydrogens (tertiary/aromatic N) is 1. The summed E-state index contributed by atoms with van der Waals surface area (Å²) in [4.78, 5) is 14.1. The number of carbonyl (C=O) groups excluding carboxylic acids is 1. The standard InChI is InChI=1S/C13H27N3O2/c1-10(2)8-16-6-4-5-11(16)7-15-13(17)12(14)9-18-3/h10-12H,4-9,14H2,1-3H3,(H,15,17)/t11-,12?/m1/s1. The van der Waals surface area contributed by atoms with Crippen LogP contribution in [0.4, 0.5) is 0 Å². The number of nitrogens with one attached hydrogen (secondary N) is 1. The van der Waals surface area contributed by atoms with E-state index in [9.17, 15) is 4.79 Å². The molecule has 0 aromatic rings. The van der Waals surface area contributed by atoms with Gasteiger partial charge >= 0.3 is 0 Å². The second-order valence-corrected chi connectivity index (χ2v) is 5.49. The molecule has 0 radical (unpaired) electrons. The van der Waals surface area contributed by atoms with E-state index in [2.05, 4.69) is 24.1 Å². The Kier molecular flexibility index (Phi) is 6.60. The third kappa shape index (κ3) is 4.92. The molecule has 1 fully saturated rings. The minimum atomic E-state index is -0.560. The lowest BCUT2D eigenvalue weighted by molar-refractivity contribution is -0.123. The van der Waals surface area contributed by atoms with Crippen LogP contribution in [0.15, 0.2) is 0 Å². The number of rotatable bonds is 7. The number of hydrogen-bond acceptors (Lipinski definition) is 4. The van der Waals surface area contributed by atoms with Gasteiger partial charge in [0.2, 0.25) is 5.91 Å². The quantitative estimate of drug-likeness (QED) is 0.683. The van der Waals surface area contributed by atoms with Crippen molar-refractivity contribution in [3.05, 3.63) is 0 Å². The highest BCUT2D eigenvalue weighted by Gasteiger charge is 2.25. The topological polar surface area (TPSA) is 67.6 Å². The average molecular weight is 257 g/mol. The van der Waals surface area contributed by atoms with Crippen molar-refractivity contribution in [3.8, 4) is 0 Å². The number of likely N-dealkylation sites (tertiary alicyclic amines) is 1. The summed E-state index contributed by atoms with van der Waals surface area (Å²) in [5.74, 6) is 0.547. The Balaban J connectivity index is 2.31. The Morgan fingerprint density at radius 1 is 1.56 bits per heavy atom. The Bertz CT molecular complexity index is 259. The van der Waals surface area contributed by atoms with Gasteiger partial charge in [0.1, 0.15) is 6.04 Å². The van der Waals surface area contributed by atoms with Crippen LogP contribution in [0.25, 0.3) is 0 Å². The van der Waals surface area contributed by atoms with E-state index in [1.807, 2.05) is 0 Å². The first kappa shape index (κ1) is 15.4. The van der Waals surface area contributed by atoms with Gasteiger partial charge in [-0.05, 0) is 25.3 Å². The van der Waals surface area contributed by atoms with E-state index in [0.29, 0.717) is 18.5 Å². The molecule has 1 aliphatic rings. The van der Waals surface area contributed by atoms with Crippen LogP contribution in [-0.4, -0.2) is 56.2 Å². The van der Waals surface area contributed by atoms with E-state index < -0.39 is 6.04 Å². The van der Waals surface area contributed by atoms with Crippen LogP contribution >= 0.6 is 0 Å². The highest BCUT2D eigenvalue weighted by Crippen LogP contribution is 2.17. The molecule has 0 aliphatic carbocycles. The van der Waals surface area contributed by atoms with Crippen LogP contribution in [0.1, 0.15) is 26.7 Å². The van der Waals surface area contributed by atoms with Crippen molar-refractivity contribution in [3.63, 3.8) is 0 Å². The number of hydrogen-bond donors (Lipinski definition) is 2. The maximum atomic E-state index is 11.7. The highest BCUT2D eigenvalue weighted by atomic mass is 16.5. The van der Waals surface area contributed by atoms with Gasteiger partial charge in [0, 0.05) is 26.2 Å². The maximum absolute atomic E-state index is 11.7. The average Bonchev–Trinajstić information content (AvgIpc) is 2.72. The van der Waals surface area contributed by atoms with Gasteiger partial charge in [-0.15, -0.1) is 0 Å². The minimum Gasteiger partial charge on any atom is -0.383 e. The van der Waals surface area contributed by atoms with E-state index in [-0.39, 0.29) is 12.5 Å². The maximum Gasteiger partial charge on any atom is 0.239 e. The lowest BCUT2D eigenvalue weighted by Crippen LogP contribution is -2.48. The van der Waals surface area contributed by atoms with Gasteiger partial charge in [0.25, 0.3) is 0 Å². The Hall–Kier alpha value is -0.650. The summed E-state index contributed by atoms with van der Waals surface area (Å²) in [6, 6.07) is -0.0963. The van der Waals surface area contributed by atoms with Gasteiger partial charge in [0.15, 0.2) is 0 Å². The third-order valence-corrected chi connectivity index (χ3v) is 3.29. The zero-order valence-corrected chi connectivity index (χ0v) is 11.8. The van der Waals surface area contributed by atoms with Crippen molar-refractivity contribution in [1.82, 2.24) is 10.2 Å². The van der Waals surface area contributed by atoms with Crippen LogP contribution in [0.3, 0.4) is 0 Å². The van der Waals surface area contributed by atoms with Gasteiger partial charge in [-0.1, -0.05) is 13.8 Å². The summed E-state index contributed by atoms with van der Waals surface area (Å²) in [5.41, 5.74) is 5.68. The van der Waals surface area contributed by atoms with Gasteiger partial charge < -0.3 is 15.8 Å². The minimum absolute atomic E-state index is 0.117. The molecular weight excluding hydrogens is 230 g/mol. The molecule has 1 rings (SSSR count). The van der Waals surface area contributed by atoms with E-state index in [1.165, 1.54) is 6.42 Å². The molecule has 3 N–H and O–H groups in total. The largest absolute Gasteiger partial charge is 0.383 e. The third-order valence-electron chi connectivity index (χ3n) is 3.29. The summed E-state index contributed by atoms with van der Waals surface area (Å²) in [5, 5.41) is 2.93. The van der Waals surface area contributed by atoms with Crippen LogP contribution in [0, 0.1) is 5.92 Å². The van der Waals surface area contributed by atoms with Crippen molar-refractivity contribution >= 4 is 5.91 Å². The molecule has 1 saturated heterocycles. The van der Waals surface area contributed by atoms with Gasteiger partial charge in [-0.2, -0.15) is 0 Å². The molecule has 0 aromatic heterocycles. The van der Waals surface area contributed by atoms with E-state index >= 15 is 0 Å². The Labute approximate surface area is 110 Å². The molecule has 5 nitrogen and oxygen atoms in total. The summed E-state index contributed by atoms with van der Waals surface area (Å²) < 4.78 is 4.87. The molecule has 0 spiro atoms. The van der Waals surface area contributed by atoms with Gasteiger partial charge in [-0.25, -0.2) is 0 Å². The lowest BCUT2D eigenvalue weighted by atomic mass is 10.1. The Morgan fingerprint density at radius 3 is 2.89 bits per heavy atom. The zero-order chi connectivity index (χ0) is 13.5. The predicted molar refractivity (Wildman–Crippen MR) is 72.3 cm³/mol. The summed E-state index contributed by atoms with van der Waals surface area (Å²) in [7, 11) is 1.55. The Morgan fingerprint density at radius 2 is 2.28 bits per heavy atom. The molecule has 5 heteroatoms. The van der Waals surface area contributed by atoms with Crippen molar-refractivity contribution in [2.45, 2.75) is 38.8 Å². The van der Waals surface area contributed by atoms with Crippen LogP contribution in [0.2, 0.25) is 0 Å². The summed E-state index contributed by atoms with van der Waals surface area (Å²) in [6.07, 6.45) is 2.38. The monoisotopic (exact) mass is 257 g/mol. The van der Waals surface area contributed by atoms with E-state index in [1.54, 1.807) is 7.11 Å². The summed E-state index contributed by atoms with van der Waals surface area (Å²) in [6.45, 7) is 7.66. The fourth-order valence-electron chi connectivity index (χ4n) is 2.44. The molecule has 0 bridgehead atoms. The fourth-order valence-corrected chi connectivity index (χ4v) is 2.44. The molecule has 1 heterocycles. The first-order chi connectivity index (χ1) is 8.54. The molecule has 1 amide bonds. The highest BCUT2D eigenvalue weighted by molar-refractivity contribution is 5.81. The van der Waals surface area contributed by atoms with Crippen LogP contribution in [0.5, 0.6) is 0 Å². The number of methoxy groups -OCH3 is 1. The molecule has 18 heavy (non-hydrogen) atoms. The number of carbonyl (C=O) groups is 1. The smallest absolute Gasteiger partial charge is 0.239 e. The predicted octanol–water partition coefficient (Wildman–Crippen LogP) is 0.197. The van der Waals surface area contributed by atoms with Crippen LogP contribution < -0.4 is 11.1 Å². The van der Waals surface area contributed by atoms with Crippen molar-refractivity contribution in [2.24, 2.45) is 11.7 Å². The van der Waals surface area contributed by atoms with E-state index in [4.69, 9.17) is 10.5 Å². The van der Waals surface area contributed by atoms with Gasteiger partial charge in [0.05, 0.1) is 6.61 Å². The van der Waals surface area contributed by atoms with Crippen molar-refractivity contribution in [2.75, 3.05) is 33.4 Å². The molecule has 1 unspecified atom stereocenters. The normalized spacial score (nSPS) is 22.4. The molecule has 0 saturated carbocycles. The molecule has 0 aromatic carbocycles. The second kappa shape index (κ2) is 7.71. The molecule has 106 valence electrons. The van der Waals surface area contributed by atoms with Crippen molar-refractivity contribution in [1.29, 1.82) is 0 Å². The van der Waals surface area contributed by atoms with Crippen molar-refractivity contribution < 1.29 is 9.53 Å². The van der Waals surface area contributed by atoms with Gasteiger partial charge in [-0.3, -0.25) is 9.69 Å². The first-order valence-electron chi connectivity index (χ1n) is 6.80. The number of ether oxygens (including phenoxy) is 1. The fraction of sp³-hybridized carbons (Fsp3) is 0.923. The summed E-state index contributed by atoms with van der Waals surface area (Å²) >= 11 is 0. The molecule has 2 atom stereocenters. The lowest BCUT2D eigenvalue weighted by Gasteiger charge is -2.26. The SMILES string of the molecule is COCC(N)C(=O)NC[C@H]1CCCN1CC(C)C. The second-order valence-electron chi connectivity index (χ2n) is 5.49. The van der Waals surface area contributed by atoms with E-state index in [0.717, 1.165) is 19.5 Å². The first-order valence-corrected chi connectivity index (χ1v) is 6.80. The van der Waals surface area contributed by atoms with Crippen LogP contribution in [-0.2, 0) is 9.53 Å².